The number of alkyl halides is 2. The van der Waals surface area contributed by atoms with Crippen LogP contribution in [0.5, 0.6) is 0 Å². The van der Waals surface area contributed by atoms with Crippen molar-refractivity contribution in [2.45, 2.75) is 12.8 Å². The van der Waals surface area contributed by atoms with Crippen LogP contribution in [0.15, 0.2) is 6.07 Å². The Kier molecular flexibility index (Phi) is 4.44. The molecule has 7 heteroatoms. The Labute approximate surface area is 100 Å². The van der Waals surface area contributed by atoms with Crippen molar-refractivity contribution in [3.05, 3.63) is 27.5 Å². The SMILES string of the molecule is COC(=O)Cc1cc(Cl)nc(C(F)F)c1Cl. The van der Waals surface area contributed by atoms with E-state index in [-0.39, 0.29) is 22.2 Å². The molecule has 0 bridgehead atoms. The van der Waals surface area contributed by atoms with Crippen LogP contribution in [-0.4, -0.2) is 18.1 Å². The number of carbonyl (C=O) groups excluding carboxylic acids is 1. The molecular formula is C9H7Cl2F2NO2. The summed E-state index contributed by atoms with van der Waals surface area (Å²) in [6, 6.07) is 1.26. The van der Waals surface area contributed by atoms with Gasteiger partial charge in [0, 0.05) is 0 Å². The zero-order valence-corrected chi connectivity index (χ0v) is 9.65. The highest BCUT2D eigenvalue weighted by atomic mass is 35.5. The second-order valence-corrected chi connectivity index (χ2v) is 3.62. The fourth-order valence-electron chi connectivity index (χ4n) is 1.07. The molecule has 0 N–H and O–H groups in total. The third-order valence-electron chi connectivity index (χ3n) is 1.80. The molecule has 0 aliphatic rings. The largest absolute Gasteiger partial charge is 0.469 e. The number of aromatic nitrogens is 1. The van der Waals surface area contributed by atoms with Crippen LogP contribution in [0.2, 0.25) is 10.2 Å². The van der Waals surface area contributed by atoms with Crippen molar-refractivity contribution in [3.63, 3.8) is 0 Å². The Morgan fingerprint density at radius 3 is 2.69 bits per heavy atom. The lowest BCUT2D eigenvalue weighted by Crippen LogP contribution is -2.07. The highest BCUT2D eigenvalue weighted by Gasteiger charge is 2.19. The predicted octanol–water partition coefficient (Wildman–Crippen LogP) is 3.04. The molecule has 0 aliphatic heterocycles. The van der Waals surface area contributed by atoms with Gasteiger partial charge in [-0.3, -0.25) is 4.79 Å². The molecule has 0 saturated heterocycles. The third-order valence-corrected chi connectivity index (χ3v) is 2.43. The number of hydrogen-bond donors (Lipinski definition) is 0. The molecule has 0 aliphatic carbocycles. The molecule has 0 amide bonds. The average molecular weight is 270 g/mol. The molecule has 0 radical (unpaired) electrons. The molecule has 0 aromatic carbocycles. The standard InChI is InChI=1S/C9H7Cl2F2NO2/c1-16-6(15)3-4-2-5(10)14-8(7(4)11)9(12)13/h2,9H,3H2,1H3. The zero-order valence-electron chi connectivity index (χ0n) is 8.14. The maximum absolute atomic E-state index is 12.5. The minimum atomic E-state index is -2.84. The molecule has 88 valence electrons. The normalized spacial score (nSPS) is 10.6. The van der Waals surface area contributed by atoms with Crippen molar-refractivity contribution < 1.29 is 18.3 Å². The fraction of sp³-hybridized carbons (Fsp3) is 0.333. The summed E-state index contributed by atoms with van der Waals surface area (Å²) in [6.45, 7) is 0. The summed E-state index contributed by atoms with van der Waals surface area (Å²) in [5.74, 6) is -0.593. The number of rotatable bonds is 3. The van der Waals surface area contributed by atoms with E-state index >= 15 is 0 Å². The molecule has 0 saturated carbocycles. The van der Waals surface area contributed by atoms with Crippen LogP contribution in [0.4, 0.5) is 8.78 Å². The van der Waals surface area contributed by atoms with Crippen LogP contribution in [0.25, 0.3) is 0 Å². The van der Waals surface area contributed by atoms with Gasteiger partial charge in [-0.2, -0.15) is 0 Å². The molecule has 1 aromatic rings. The van der Waals surface area contributed by atoms with Crippen molar-refractivity contribution in [2.75, 3.05) is 7.11 Å². The first kappa shape index (κ1) is 13.1. The van der Waals surface area contributed by atoms with Crippen molar-refractivity contribution in [1.29, 1.82) is 0 Å². The smallest absolute Gasteiger partial charge is 0.310 e. The fourth-order valence-corrected chi connectivity index (χ4v) is 1.54. The van der Waals surface area contributed by atoms with Crippen LogP contribution in [-0.2, 0) is 16.0 Å². The maximum atomic E-state index is 12.5. The van der Waals surface area contributed by atoms with Gasteiger partial charge in [0.05, 0.1) is 18.6 Å². The number of methoxy groups -OCH3 is 1. The van der Waals surface area contributed by atoms with Crippen molar-refractivity contribution in [3.8, 4) is 0 Å². The number of esters is 1. The summed E-state index contributed by atoms with van der Waals surface area (Å²) in [5.41, 5.74) is -0.461. The van der Waals surface area contributed by atoms with E-state index in [1.807, 2.05) is 0 Å². The highest BCUT2D eigenvalue weighted by Crippen LogP contribution is 2.30. The van der Waals surface area contributed by atoms with Gasteiger partial charge in [-0.25, -0.2) is 13.8 Å². The molecular weight excluding hydrogens is 263 g/mol. The summed E-state index contributed by atoms with van der Waals surface area (Å²) < 4.78 is 29.4. The molecule has 3 nitrogen and oxygen atoms in total. The Morgan fingerprint density at radius 1 is 1.56 bits per heavy atom. The lowest BCUT2D eigenvalue weighted by atomic mass is 10.1. The molecule has 1 aromatic heterocycles. The zero-order chi connectivity index (χ0) is 12.3. The molecule has 16 heavy (non-hydrogen) atoms. The Balaban J connectivity index is 3.14. The summed E-state index contributed by atoms with van der Waals surface area (Å²) in [7, 11) is 1.19. The first-order valence-electron chi connectivity index (χ1n) is 4.15. The van der Waals surface area contributed by atoms with Crippen LogP contribution in [0, 0.1) is 0 Å². The van der Waals surface area contributed by atoms with E-state index < -0.39 is 18.1 Å². The van der Waals surface area contributed by atoms with E-state index in [1.165, 1.54) is 13.2 Å². The van der Waals surface area contributed by atoms with Gasteiger partial charge in [0.15, 0.2) is 0 Å². The molecule has 0 unspecified atom stereocenters. The third kappa shape index (κ3) is 3.02. The minimum absolute atomic E-state index is 0.140. The minimum Gasteiger partial charge on any atom is -0.469 e. The van der Waals surface area contributed by atoms with Gasteiger partial charge in [-0.05, 0) is 11.6 Å². The van der Waals surface area contributed by atoms with E-state index in [9.17, 15) is 13.6 Å². The topological polar surface area (TPSA) is 39.2 Å². The molecule has 0 atom stereocenters. The van der Waals surface area contributed by atoms with Gasteiger partial charge in [0.1, 0.15) is 10.8 Å². The number of pyridine rings is 1. The van der Waals surface area contributed by atoms with Gasteiger partial charge in [0.25, 0.3) is 6.43 Å². The van der Waals surface area contributed by atoms with Crippen LogP contribution >= 0.6 is 23.2 Å². The van der Waals surface area contributed by atoms with Crippen LogP contribution in [0.3, 0.4) is 0 Å². The summed E-state index contributed by atoms with van der Waals surface area (Å²) in [5, 5.41) is -0.400. The van der Waals surface area contributed by atoms with Crippen molar-refractivity contribution in [1.82, 2.24) is 4.98 Å². The highest BCUT2D eigenvalue weighted by molar-refractivity contribution is 6.33. The van der Waals surface area contributed by atoms with Gasteiger partial charge in [-0.15, -0.1) is 0 Å². The Hall–Kier alpha value is -0.940. The second kappa shape index (κ2) is 5.41. The summed E-state index contributed by atoms with van der Waals surface area (Å²) >= 11 is 11.2. The van der Waals surface area contributed by atoms with Crippen molar-refractivity contribution in [2.24, 2.45) is 0 Å². The Morgan fingerprint density at radius 2 is 2.19 bits per heavy atom. The maximum Gasteiger partial charge on any atom is 0.310 e. The predicted molar refractivity (Wildman–Crippen MR) is 54.9 cm³/mol. The Bertz CT molecular complexity index is 413. The first-order valence-corrected chi connectivity index (χ1v) is 4.91. The van der Waals surface area contributed by atoms with Gasteiger partial charge >= 0.3 is 5.97 Å². The van der Waals surface area contributed by atoms with E-state index in [0.717, 1.165) is 0 Å². The lowest BCUT2D eigenvalue weighted by molar-refractivity contribution is -0.139. The quantitative estimate of drug-likeness (QED) is 0.626. The second-order valence-electron chi connectivity index (χ2n) is 2.86. The van der Waals surface area contributed by atoms with Gasteiger partial charge in [-0.1, -0.05) is 23.2 Å². The van der Waals surface area contributed by atoms with E-state index in [2.05, 4.69) is 9.72 Å². The number of carbonyl (C=O) groups is 1. The lowest BCUT2D eigenvalue weighted by Gasteiger charge is -2.08. The average Bonchev–Trinajstić information content (AvgIpc) is 2.22. The molecule has 1 heterocycles. The van der Waals surface area contributed by atoms with E-state index in [4.69, 9.17) is 23.2 Å². The summed E-state index contributed by atoms with van der Waals surface area (Å²) in [4.78, 5) is 14.4. The summed E-state index contributed by atoms with van der Waals surface area (Å²) in [6.07, 6.45) is -3.07. The van der Waals surface area contributed by atoms with Crippen LogP contribution < -0.4 is 0 Å². The van der Waals surface area contributed by atoms with Crippen LogP contribution in [0.1, 0.15) is 17.7 Å². The first-order chi connectivity index (χ1) is 7.45. The molecule has 1 rings (SSSR count). The monoisotopic (exact) mass is 269 g/mol. The number of hydrogen-bond acceptors (Lipinski definition) is 3. The number of halogens is 4. The molecule has 0 spiro atoms. The molecule has 0 fully saturated rings. The van der Waals surface area contributed by atoms with Crippen molar-refractivity contribution >= 4 is 29.2 Å². The van der Waals surface area contributed by atoms with E-state index in [1.54, 1.807) is 0 Å². The van der Waals surface area contributed by atoms with E-state index in [0.29, 0.717) is 0 Å². The van der Waals surface area contributed by atoms with Gasteiger partial charge in [0.2, 0.25) is 0 Å². The number of ether oxygens (including phenoxy) is 1. The number of nitrogens with zero attached hydrogens (tertiary/aromatic N) is 1. The van der Waals surface area contributed by atoms with Gasteiger partial charge < -0.3 is 4.74 Å².